The van der Waals surface area contributed by atoms with Crippen molar-refractivity contribution in [2.45, 2.75) is 13.8 Å². The third kappa shape index (κ3) is 2.75. The number of nitrogens with zero attached hydrogens (tertiary/aromatic N) is 1. The van der Waals surface area contributed by atoms with Crippen LogP contribution in [0.4, 0.5) is 0 Å². The molecule has 4 heteroatoms. The van der Waals surface area contributed by atoms with Crippen LogP contribution in [0.3, 0.4) is 0 Å². The standard InChI is InChI=1S/C6H13NOS2/c1-4-7(5-2)6(9)10(3)8/h4-5H2,1-3H3/t10-/m1/s1. The van der Waals surface area contributed by atoms with E-state index in [1.165, 1.54) is 0 Å². The number of rotatable bonds is 2. The zero-order valence-corrected chi connectivity index (χ0v) is 8.22. The predicted octanol–water partition coefficient (Wildman–Crippen LogP) is 0.992. The quantitative estimate of drug-likeness (QED) is 0.590. The zero-order chi connectivity index (χ0) is 8.15. The molecule has 10 heavy (non-hydrogen) atoms. The molecule has 0 aliphatic carbocycles. The average Bonchev–Trinajstić information content (AvgIpc) is 1.90. The summed E-state index contributed by atoms with van der Waals surface area (Å²) in [5, 5.41) is 0. The van der Waals surface area contributed by atoms with Gasteiger partial charge in [0.1, 0.15) is 0 Å². The molecule has 1 atom stereocenters. The van der Waals surface area contributed by atoms with Crippen LogP contribution in [0.15, 0.2) is 0 Å². The van der Waals surface area contributed by atoms with Gasteiger partial charge < -0.3 is 4.90 Å². The Labute approximate surface area is 70.1 Å². The van der Waals surface area contributed by atoms with Crippen LogP contribution in [0.2, 0.25) is 0 Å². The van der Waals surface area contributed by atoms with Gasteiger partial charge >= 0.3 is 0 Å². The van der Waals surface area contributed by atoms with E-state index in [0.717, 1.165) is 13.1 Å². The summed E-state index contributed by atoms with van der Waals surface area (Å²) >= 11 is 4.92. The fourth-order valence-electron chi connectivity index (χ4n) is 0.664. The van der Waals surface area contributed by atoms with E-state index in [9.17, 15) is 4.21 Å². The van der Waals surface area contributed by atoms with Gasteiger partial charge in [-0.25, -0.2) is 0 Å². The van der Waals surface area contributed by atoms with Crippen molar-refractivity contribution in [2.24, 2.45) is 0 Å². The van der Waals surface area contributed by atoms with E-state index in [-0.39, 0.29) is 0 Å². The first-order chi connectivity index (χ1) is 4.63. The third-order valence-corrected chi connectivity index (χ3v) is 2.98. The van der Waals surface area contributed by atoms with Gasteiger partial charge in [0.25, 0.3) is 0 Å². The Kier molecular flexibility index (Phi) is 4.81. The summed E-state index contributed by atoms with van der Waals surface area (Å²) in [5.74, 6) is 0. The highest BCUT2D eigenvalue weighted by Gasteiger charge is 2.07. The number of thiocarbonyl (C=S) groups is 1. The summed E-state index contributed by atoms with van der Waals surface area (Å²) < 4.78 is 11.4. The Bertz CT molecular complexity index is 143. The molecule has 60 valence electrons. The fourth-order valence-corrected chi connectivity index (χ4v) is 1.54. The van der Waals surface area contributed by atoms with Crippen LogP contribution in [0, 0.1) is 0 Å². The molecule has 0 spiro atoms. The minimum atomic E-state index is -0.983. The Morgan fingerprint density at radius 1 is 1.50 bits per heavy atom. The maximum absolute atomic E-state index is 10.8. The lowest BCUT2D eigenvalue weighted by Crippen LogP contribution is -2.31. The second-order valence-electron chi connectivity index (χ2n) is 1.89. The first kappa shape index (κ1) is 10.0. The molecule has 0 aliphatic heterocycles. The molecule has 0 saturated heterocycles. The second kappa shape index (κ2) is 4.79. The molecule has 0 amide bonds. The molecule has 0 fully saturated rings. The molecule has 2 nitrogen and oxygen atoms in total. The van der Waals surface area contributed by atoms with Crippen LogP contribution in [0.1, 0.15) is 13.8 Å². The normalized spacial score (nSPS) is 12.7. The number of hydrogen-bond acceptors (Lipinski definition) is 2. The molecule has 0 heterocycles. The highest BCUT2D eigenvalue weighted by Crippen LogP contribution is 1.94. The van der Waals surface area contributed by atoms with Crippen molar-refractivity contribution in [3.8, 4) is 0 Å². The van der Waals surface area contributed by atoms with Crippen molar-refractivity contribution < 1.29 is 4.21 Å². The molecule has 0 rings (SSSR count). The molecular weight excluding hydrogens is 166 g/mol. The minimum Gasteiger partial charge on any atom is -0.356 e. The van der Waals surface area contributed by atoms with Gasteiger partial charge in [-0.3, -0.25) is 4.21 Å². The SMILES string of the molecule is CCN(CC)C(=S)[S@@](C)=O. The Morgan fingerprint density at radius 2 is 1.90 bits per heavy atom. The summed E-state index contributed by atoms with van der Waals surface area (Å²) in [7, 11) is -0.983. The highest BCUT2D eigenvalue weighted by atomic mass is 32.2. The summed E-state index contributed by atoms with van der Waals surface area (Å²) in [6.45, 7) is 5.69. The van der Waals surface area contributed by atoms with Crippen molar-refractivity contribution in [1.82, 2.24) is 4.90 Å². The van der Waals surface area contributed by atoms with E-state index in [1.54, 1.807) is 6.26 Å². The molecule has 0 unspecified atom stereocenters. The number of hydrogen-bond donors (Lipinski definition) is 0. The van der Waals surface area contributed by atoms with Gasteiger partial charge in [0.15, 0.2) is 4.32 Å². The molecule has 0 N–H and O–H groups in total. The average molecular weight is 179 g/mol. The van der Waals surface area contributed by atoms with Crippen molar-refractivity contribution >= 4 is 27.3 Å². The molecule has 0 aromatic heterocycles. The maximum atomic E-state index is 10.8. The summed E-state index contributed by atoms with van der Waals surface area (Å²) in [6, 6.07) is 0. The van der Waals surface area contributed by atoms with Crippen LogP contribution >= 0.6 is 12.2 Å². The van der Waals surface area contributed by atoms with Crippen molar-refractivity contribution in [3.05, 3.63) is 0 Å². The minimum absolute atomic E-state index is 0.560. The Morgan fingerprint density at radius 3 is 2.00 bits per heavy atom. The molecule has 0 radical (unpaired) electrons. The van der Waals surface area contributed by atoms with Gasteiger partial charge in [0, 0.05) is 19.3 Å². The fraction of sp³-hybridized carbons (Fsp3) is 0.833. The predicted molar refractivity (Wildman–Crippen MR) is 49.6 cm³/mol. The maximum Gasteiger partial charge on any atom is 0.166 e. The Hall–Kier alpha value is 0.0400. The molecule has 0 aromatic rings. The van der Waals surface area contributed by atoms with Crippen molar-refractivity contribution in [2.75, 3.05) is 19.3 Å². The lowest BCUT2D eigenvalue weighted by atomic mass is 10.6. The zero-order valence-electron chi connectivity index (χ0n) is 6.59. The van der Waals surface area contributed by atoms with E-state index in [4.69, 9.17) is 12.2 Å². The van der Waals surface area contributed by atoms with Gasteiger partial charge in [0.05, 0.1) is 10.8 Å². The lowest BCUT2D eigenvalue weighted by molar-refractivity contribution is 0.480. The van der Waals surface area contributed by atoms with Crippen LogP contribution in [-0.4, -0.2) is 32.8 Å². The first-order valence-electron chi connectivity index (χ1n) is 3.25. The van der Waals surface area contributed by atoms with E-state index in [1.807, 2.05) is 18.7 Å². The molecule has 0 bridgehead atoms. The summed E-state index contributed by atoms with van der Waals surface area (Å²) in [6.07, 6.45) is 1.61. The molecule has 0 aliphatic rings. The highest BCUT2D eigenvalue weighted by molar-refractivity contribution is 8.12. The largest absolute Gasteiger partial charge is 0.356 e. The van der Waals surface area contributed by atoms with Crippen LogP contribution < -0.4 is 0 Å². The lowest BCUT2D eigenvalue weighted by Gasteiger charge is -2.19. The van der Waals surface area contributed by atoms with Crippen molar-refractivity contribution in [1.29, 1.82) is 0 Å². The van der Waals surface area contributed by atoms with Gasteiger partial charge in [-0.15, -0.1) is 0 Å². The van der Waals surface area contributed by atoms with E-state index >= 15 is 0 Å². The van der Waals surface area contributed by atoms with E-state index in [2.05, 4.69) is 0 Å². The molecule has 0 saturated carbocycles. The van der Waals surface area contributed by atoms with Gasteiger partial charge in [0.2, 0.25) is 0 Å². The van der Waals surface area contributed by atoms with Gasteiger partial charge in [-0.05, 0) is 13.8 Å². The summed E-state index contributed by atoms with van der Waals surface area (Å²) in [4.78, 5) is 1.92. The first-order valence-corrected chi connectivity index (χ1v) is 5.22. The smallest absolute Gasteiger partial charge is 0.166 e. The second-order valence-corrected chi connectivity index (χ2v) is 3.83. The third-order valence-electron chi connectivity index (χ3n) is 1.27. The molecular formula is C6H13NOS2. The van der Waals surface area contributed by atoms with E-state index < -0.39 is 10.8 Å². The van der Waals surface area contributed by atoms with Gasteiger partial charge in [-0.2, -0.15) is 0 Å². The summed E-state index contributed by atoms with van der Waals surface area (Å²) in [5.41, 5.74) is 0. The molecule has 0 aromatic carbocycles. The van der Waals surface area contributed by atoms with Gasteiger partial charge in [-0.1, -0.05) is 12.2 Å². The van der Waals surface area contributed by atoms with Crippen molar-refractivity contribution in [3.63, 3.8) is 0 Å². The van der Waals surface area contributed by atoms with Crippen LogP contribution in [0.25, 0.3) is 0 Å². The Balaban J connectivity index is 4.02. The topological polar surface area (TPSA) is 20.3 Å². The monoisotopic (exact) mass is 179 g/mol. The van der Waals surface area contributed by atoms with Crippen LogP contribution in [0.5, 0.6) is 0 Å². The van der Waals surface area contributed by atoms with Crippen LogP contribution in [-0.2, 0) is 10.8 Å². The van der Waals surface area contributed by atoms with E-state index in [0.29, 0.717) is 4.32 Å².